The Kier molecular flexibility index (Phi) is 7.78. The molecule has 1 aliphatic rings. The molecule has 1 fully saturated rings. The number of nitrogens with one attached hydrogen (secondary N) is 3. The number of hydrogen-bond donors (Lipinski definition) is 3. The largest absolute Gasteiger partial charge is 0.352 e. The molecule has 166 valence electrons. The molecule has 0 radical (unpaired) electrons. The van der Waals surface area contributed by atoms with Crippen LogP contribution in [-0.4, -0.2) is 56.9 Å². The van der Waals surface area contributed by atoms with Gasteiger partial charge in [-0.2, -0.15) is 4.72 Å². The van der Waals surface area contributed by atoms with Gasteiger partial charge in [0.25, 0.3) is 0 Å². The Morgan fingerprint density at radius 1 is 1.00 bits per heavy atom. The Morgan fingerprint density at radius 3 is 2.19 bits per heavy atom. The number of nitrogens with zero attached hydrogens (tertiary/aromatic N) is 1. The van der Waals surface area contributed by atoms with Crippen LogP contribution in [0, 0.1) is 0 Å². The molecule has 1 saturated heterocycles. The first-order valence-corrected chi connectivity index (χ1v) is 11.8. The summed E-state index contributed by atoms with van der Waals surface area (Å²) in [4.78, 5) is 26.8. The van der Waals surface area contributed by atoms with Gasteiger partial charge in [-0.25, -0.2) is 8.42 Å². The molecule has 1 atom stereocenters. The topological polar surface area (TPSA) is 108 Å². The van der Waals surface area contributed by atoms with Gasteiger partial charge in [0.15, 0.2) is 0 Å². The van der Waals surface area contributed by atoms with Crippen LogP contribution in [0.3, 0.4) is 0 Å². The normalized spacial score (nSPS) is 16.4. The van der Waals surface area contributed by atoms with E-state index >= 15 is 0 Å². The predicted molar refractivity (Wildman–Crippen MR) is 119 cm³/mol. The molecule has 3 rings (SSSR count). The average Bonchev–Trinajstić information content (AvgIpc) is 2.76. The highest BCUT2D eigenvalue weighted by molar-refractivity contribution is 7.89. The maximum atomic E-state index is 12.5. The molecule has 31 heavy (non-hydrogen) atoms. The number of sulfonamides is 1. The molecular formula is C22H28N4O4S. The van der Waals surface area contributed by atoms with Crippen LogP contribution < -0.4 is 15.4 Å². The predicted octanol–water partition coefficient (Wildman–Crippen LogP) is 1.57. The number of carbonyl (C=O) groups is 2. The molecule has 0 bridgehead atoms. The highest BCUT2D eigenvalue weighted by Crippen LogP contribution is 2.12. The van der Waals surface area contributed by atoms with E-state index in [1.165, 1.54) is 19.1 Å². The number of anilines is 1. The van der Waals surface area contributed by atoms with Gasteiger partial charge in [0.1, 0.15) is 0 Å². The second kappa shape index (κ2) is 10.5. The zero-order valence-corrected chi connectivity index (χ0v) is 18.3. The summed E-state index contributed by atoms with van der Waals surface area (Å²) >= 11 is 0. The van der Waals surface area contributed by atoms with Crippen molar-refractivity contribution in [2.75, 3.05) is 25.0 Å². The number of carbonyl (C=O) groups excluding carboxylic acids is 2. The van der Waals surface area contributed by atoms with Crippen molar-refractivity contribution < 1.29 is 18.0 Å². The lowest BCUT2D eigenvalue weighted by atomic mass is 10.0. The molecule has 0 spiro atoms. The molecule has 9 heteroatoms. The molecule has 0 unspecified atom stereocenters. The maximum absolute atomic E-state index is 12.5. The van der Waals surface area contributed by atoms with Crippen molar-refractivity contribution in [2.45, 2.75) is 36.7 Å². The number of hydrogen-bond acceptors (Lipinski definition) is 5. The van der Waals surface area contributed by atoms with Crippen molar-refractivity contribution in [1.29, 1.82) is 0 Å². The number of likely N-dealkylation sites (tertiary alicyclic amines) is 1. The van der Waals surface area contributed by atoms with E-state index in [1.807, 2.05) is 35.2 Å². The minimum absolute atomic E-state index is 0.0513. The van der Waals surface area contributed by atoms with Crippen molar-refractivity contribution in [2.24, 2.45) is 0 Å². The Bertz CT molecular complexity index is 975. The van der Waals surface area contributed by atoms with E-state index in [0.717, 1.165) is 5.69 Å². The van der Waals surface area contributed by atoms with E-state index in [0.29, 0.717) is 32.5 Å². The Morgan fingerprint density at radius 2 is 1.58 bits per heavy atom. The number of benzene rings is 2. The second-order valence-electron chi connectivity index (χ2n) is 7.63. The van der Waals surface area contributed by atoms with Crippen molar-refractivity contribution >= 4 is 27.5 Å². The van der Waals surface area contributed by atoms with Gasteiger partial charge in [-0.1, -0.05) is 36.4 Å². The minimum atomic E-state index is -3.76. The molecule has 2 aromatic rings. The molecule has 0 aromatic heterocycles. The van der Waals surface area contributed by atoms with Crippen LogP contribution in [0.5, 0.6) is 0 Å². The molecule has 3 N–H and O–H groups in total. The van der Waals surface area contributed by atoms with E-state index in [2.05, 4.69) is 15.4 Å². The van der Waals surface area contributed by atoms with Crippen LogP contribution in [0.15, 0.2) is 65.6 Å². The van der Waals surface area contributed by atoms with Crippen molar-refractivity contribution in [3.8, 4) is 0 Å². The summed E-state index contributed by atoms with van der Waals surface area (Å²) in [7, 11) is -3.76. The van der Waals surface area contributed by atoms with Crippen LogP contribution in [0.1, 0.15) is 19.8 Å². The number of para-hydroxylation sites is 1. The van der Waals surface area contributed by atoms with Gasteiger partial charge in [0.2, 0.25) is 21.8 Å². The number of rotatable bonds is 8. The lowest BCUT2D eigenvalue weighted by Gasteiger charge is -2.32. The molecule has 1 aliphatic heterocycles. The quantitative estimate of drug-likeness (QED) is 0.573. The van der Waals surface area contributed by atoms with Gasteiger partial charge in [-0.15, -0.1) is 0 Å². The summed E-state index contributed by atoms with van der Waals surface area (Å²) in [5, 5.41) is 5.78. The number of amides is 2. The first-order valence-electron chi connectivity index (χ1n) is 10.3. The fraction of sp³-hybridized carbons (Fsp3) is 0.364. The highest BCUT2D eigenvalue weighted by atomic mass is 32.2. The highest BCUT2D eigenvalue weighted by Gasteiger charge is 2.26. The fourth-order valence-corrected chi connectivity index (χ4v) is 4.66. The lowest BCUT2D eigenvalue weighted by molar-refractivity contribution is -0.123. The first kappa shape index (κ1) is 22.9. The van der Waals surface area contributed by atoms with E-state index < -0.39 is 16.1 Å². The first-order chi connectivity index (χ1) is 14.8. The van der Waals surface area contributed by atoms with Crippen LogP contribution in [-0.2, 0) is 19.6 Å². The van der Waals surface area contributed by atoms with E-state index in [4.69, 9.17) is 0 Å². The van der Waals surface area contributed by atoms with E-state index in [9.17, 15) is 18.0 Å². The monoisotopic (exact) mass is 444 g/mol. The summed E-state index contributed by atoms with van der Waals surface area (Å²) in [6, 6.07) is 16.3. The maximum Gasteiger partial charge on any atom is 0.241 e. The summed E-state index contributed by atoms with van der Waals surface area (Å²) in [6.07, 6.45) is 1.39. The summed E-state index contributed by atoms with van der Waals surface area (Å²) in [5.41, 5.74) is 0.765. The third-order valence-electron chi connectivity index (χ3n) is 5.14. The van der Waals surface area contributed by atoms with E-state index in [1.54, 1.807) is 18.2 Å². The van der Waals surface area contributed by atoms with Gasteiger partial charge in [-0.05, 0) is 44.0 Å². The van der Waals surface area contributed by atoms with Gasteiger partial charge in [0.05, 0.1) is 17.5 Å². The molecule has 8 nitrogen and oxygen atoms in total. The molecule has 1 heterocycles. The standard InChI is InChI=1S/C22H28N4O4S/c1-17(25-31(29,30)20-10-6-3-7-11-20)22(28)24-19-12-14-26(15-13-19)16-21(27)23-18-8-4-2-5-9-18/h2-11,17,19,25H,12-16H2,1H3,(H,23,27)(H,24,28)/t17-/m0/s1. The van der Waals surface area contributed by atoms with Crippen LogP contribution in [0.25, 0.3) is 0 Å². The molecule has 0 saturated carbocycles. The van der Waals surface area contributed by atoms with E-state index in [-0.39, 0.29) is 22.8 Å². The average molecular weight is 445 g/mol. The summed E-state index contributed by atoms with van der Waals surface area (Å²) < 4.78 is 27.2. The summed E-state index contributed by atoms with van der Waals surface area (Å²) in [5.74, 6) is -0.433. The van der Waals surface area contributed by atoms with Crippen molar-refractivity contribution in [3.63, 3.8) is 0 Å². The second-order valence-corrected chi connectivity index (χ2v) is 9.34. The zero-order chi connectivity index (χ0) is 22.3. The van der Waals surface area contributed by atoms with Crippen LogP contribution >= 0.6 is 0 Å². The third kappa shape index (κ3) is 6.88. The van der Waals surface area contributed by atoms with Gasteiger partial charge < -0.3 is 10.6 Å². The SMILES string of the molecule is C[C@H](NS(=O)(=O)c1ccccc1)C(=O)NC1CCN(CC(=O)Nc2ccccc2)CC1. The Hall–Kier alpha value is -2.75. The smallest absolute Gasteiger partial charge is 0.241 e. The molecule has 2 aromatic carbocycles. The Labute approximate surface area is 183 Å². The third-order valence-corrected chi connectivity index (χ3v) is 6.69. The lowest BCUT2D eigenvalue weighted by Crippen LogP contribution is -2.51. The fourth-order valence-electron chi connectivity index (χ4n) is 3.44. The van der Waals surface area contributed by atoms with Gasteiger partial charge in [-0.3, -0.25) is 14.5 Å². The molecule has 2 amide bonds. The van der Waals surface area contributed by atoms with Gasteiger partial charge >= 0.3 is 0 Å². The van der Waals surface area contributed by atoms with Crippen LogP contribution in [0.4, 0.5) is 5.69 Å². The van der Waals surface area contributed by atoms with Crippen molar-refractivity contribution in [1.82, 2.24) is 14.9 Å². The zero-order valence-electron chi connectivity index (χ0n) is 17.5. The molecular weight excluding hydrogens is 416 g/mol. The van der Waals surface area contributed by atoms with Gasteiger partial charge in [0, 0.05) is 24.8 Å². The van der Waals surface area contributed by atoms with Crippen molar-refractivity contribution in [3.05, 3.63) is 60.7 Å². The van der Waals surface area contributed by atoms with Crippen LogP contribution in [0.2, 0.25) is 0 Å². The molecule has 0 aliphatic carbocycles. The number of piperidine rings is 1. The Balaban J connectivity index is 1.41. The summed E-state index contributed by atoms with van der Waals surface area (Å²) in [6.45, 7) is 3.18. The minimum Gasteiger partial charge on any atom is -0.352 e.